The van der Waals surface area contributed by atoms with Crippen molar-refractivity contribution in [1.82, 2.24) is 15.2 Å². The van der Waals surface area contributed by atoms with Gasteiger partial charge in [-0.3, -0.25) is 10.1 Å². The molecule has 0 aliphatic rings. The van der Waals surface area contributed by atoms with Crippen molar-refractivity contribution in [3.8, 4) is 5.75 Å². The van der Waals surface area contributed by atoms with Crippen LogP contribution < -0.4 is 15.8 Å². The van der Waals surface area contributed by atoms with Crippen LogP contribution in [0.15, 0.2) is 36.7 Å². The SMILES string of the molecule is Nc1cccc(OCC(=O)Nc2nccnn2)c1. The minimum absolute atomic E-state index is 0.138. The van der Waals surface area contributed by atoms with Crippen molar-refractivity contribution in [2.24, 2.45) is 0 Å². The summed E-state index contributed by atoms with van der Waals surface area (Å²) in [5, 5.41) is 9.65. The maximum Gasteiger partial charge on any atom is 0.264 e. The standard InChI is InChI=1S/C11H11N5O2/c12-8-2-1-3-9(6-8)18-7-10(17)15-11-13-4-5-14-16-11/h1-6H,7,12H2,(H,13,15,16,17). The Balaban J connectivity index is 1.85. The lowest BCUT2D eigenvalue weighted by Gasteiger charge is -2.06. The molecule has 0 bridgehead atoms. The molecule has 1 amide bonds. The number of hydrogen-bond donors (Lipinski definition) is 2. The van der Waals surface area contributed by atoms with Crippen LogP contribution in [-0.4, -0.2) is 27.7 Å². The summed E-state index contributed by atoms with van der Waals surface area (Å²) in [6, 6.07) is 6.82. The van der Waals surface area contributed by atoms with Crippen molar-refractivity contribution in [3.05, 3.63) is 36.7 Å². The molecule has 0 fully saturated rings. The van der Waals surface area contributed by atoms with Crippen LogP contribution in [0.3, 0.4) is 0 Å². The second kappa shape index (κ2) is 5.58. The van der Waals surface area contributed by atoms with Gasteiger partial charge >= 0.3 is 0 Å². The van der Waals surface area contributed by atoms with Crippen molar-refractivity contribution < 1.29 is 9.53 Å². The van der Waals surface area contributed by atoms with Gasteiger partial charge in [-0.1, -0.05) is 6.07 Å². The zero-order chi connectivity index (χ0) is 12.8. The summed E-state index contributed by atoms with van der Waals surface area (Å²) in [7, 11) is 0. The molecule has 18 heavy (non-hydrogen) atoms. The predicted molar refractivity (Wildman–Crippen MR) is 64.8 cm³/mol. The number of carbonyl (C=O) groups is 1. The molecule has 0 unspecified atom stereocenters. The highest BCUT2D eigenvalue weighted by Crippen LogP contribution is 2.14. The van der Waals surface area contributed by atoms with E-state index in [9.17, 15) is 4.79 Å². The van der Waals surface area contributed by atoms with E-state index in [-0.39, 0.29) is 18.5 Å². The summed E-state index contributed by atoms with van der Waals surface area (Å²) >= 11 is 0. The molecule has 3 N–H and O–H groups in total. The Hall–Kier alpha value is -2.70. The van der Waals surface area contributed by atoms with E-state index in [1.54, 1.807) is 24.3 Å². The van der Waals surface area contributed by atoms with Crippen LogP contribution in [0, 0.1) is 0 Å². The molecule has 1 aromatic heterocycles. The van der Waals surface area contributed by atoms with Gasteiger partial charge in [-0.25, -0.2) is 4.98 Å². The summed E-state index contributed by atoms with van der Waals surface area (Å²) in [6.07, 6.45) is 2.85. The number of nitrogen functional groups attached to an aromatic ring is 1. The molecule has 2 aromatic rings. The molecule has 2 rings (SSSR count). The van der Waals surface area contributed by atoms with Crippen molar-refractivity contribution in [1.29, 1.82) is 0 Å². The van der Waals surface area contributed by atoms with E-state index in [0.29, 0.717) is 11.4 Å². The van der Waals surface area contributed by atoms with E-state index in [2.05, 4.69) is 20.5 Å². The summed E-state index contributed by atoms with van der Waals surface area (Å²) in [4.78, 5) is 15.3. The monoisotopic (exact) mass is 245 g/mol. The molecule has 0 aliphatic carbocycles. The van der Waals surface area contributed by atoms with E-state index < -0.39 is 0 Å². The zero-order valence-corrected chi connectivity index (χ0v) is 9.41. The number of hydrogen-bond acceptors (Lipinski definition) is 6. The first kappa shape index (κ1) is 11.8. The van der Waals surface area contributed by atoms with Gasteiger partial charge in [0, 0.05) is 11.8 Å². The van der Waals surface area contributed by atoms with Gasteiger partial charge in [0.1, 0.15) is 5.75 Å². The Labute approximate surface area is 103 Å². The molecule has 0 aliphatic heterocycles. The topological polar surface area (TPSA) is 103 Å². The molecule has 7 heteroatoms. The molecule has 0 spiro atoms. The number of carbonyl (C=O) groups excluding carboxylic acids is 1. The average molecular weight is 245 g/mol. The van der Waals surface area contributed by atoms with Crippen molar-refractivity contribution in [2.75, 3.05) is 17.7 Å². The predicted octanol–water partition coefficient (Wildman–Crippen LogP) is 0.471. The lowest BCUT2D eigenvalue weighted by Crippen LogP contribution is -2.21. The highest BCUT2D eigenvalue weighted by Gasteiger charge is 2.05. The zero-order valence-electron chi connectivity index (χ0n) is 9.41. The number of anilines is 2. The third-order valence-corrected chi connectivity index (χ3v) is 1.96. The summed E-state index contributed by atoms with van der Waals surface area (Å²) in [5.74, 6) is 0.293. The van der Waals surface area contributed by atoms with Gasteiger partial charge in [0.25, 0.3) is 5.91 Å². The van der Waals surface area contributed by atoms with Crippen LogP contribution in [0.4, 0.5) is 11.6 Å². The van der Waals surface area contributed by atoms with E-state index in [1.807, 2.05) is 0 Å². The fraction of sp³-hybridized carbons (Fsp3) is 0.0909. The number of rotatable bonds is 4. The van der Waals surface area contributed by atoms with Gasteiger partial charge < -0.3 is 10.5 Å². The first-order valence-corrected chi connectivity index (χ1v) is 5.16. The second-order valence-corrected chi connectivity index (χ2v) is 3.38. The largest absolute Gasteiger partial charge is 0.484 e. The Kier molecular flexibility index (Phi) is 3.65. The number of nitrogens with two attached hydrogens (primary N) is 1. The molecule has 92 valence electrons. The van der Waals surface area contributed by atoms with Gasteiger partial charge in [0.15, 0.2) is 6.61 Å². The van der Waals surface area contributed by atoms with Crippen LogP contribution in [0.5, 0.6) is 5.75 Å². The summed E-state index contributed by atoms with van der Waals surface area (Å²) in [5.41, 5.74) is 6.15. The Morgan fingerprint density at radius 3 is 3.00 bits per heavy atom. The van der Waals surface area contributed by atoms with Crippen LogP contribution in [0.25, 0.3) is 0 Å². The molecular formula is C11H11N5O2. The van der Waals surface area contributed by atoms with Gasteiger partial charge in [-0.2, -0.15) is 5.10 Å². The average Bonchev–Trinajstić information content (AvgIpc) is 2.38. The van der Waals surface area contributed by atoms with Crippen LogP contribution >= 0.6 is 0 Å². The lowest BCUT2D eigenvalue weighted by atomic mass is 10.3. The van der Waals surface area contributed by atoms with E-state index >= 15 is 0 Å². The second-order valence-electron chi connectivity index (χ2n) is 3.38. The maximum absolute atomic E-state index is 11.5. The van der Waals surface area contributed by atoms with Gasteiger partial charge in [0.2, 0.25) is 5.95 Å². The fourth-order valence-electron chi connectivity index (χ4n) is 1.22. The van der Waals surface area contributed by atoms with Crippen LogP contribution in [0.1, 0.15) is 0 Å². The minimum atomic E-state index is -0.370. The number of amides is 1. The maximum atomic E-state index is 11.5. The normalized spacial score (nSPS) is 9.78. The molecular weight excluding hydrogens is 234 g/mol. The van der Waals surface area contributed by atoms with Gasteiger partial charge in [0.05, 0.1) is 12.4 Å². The van der Waals surface area contributed by atoms with E-state index in [0.717, 1.165) is 0 Å². The van der Waals surface area contributed by atoms with Crippen molar-refractivity contribution in [2.45, 2.75) is 0 Å². The quantitative estimate of drug-likeness (QED) is 0.759. The molecule has 0 saturated heterocycles. The highest BCUT2D eigenvalue weighted by atomic mass is 16.5. The van der Waals surface area contributed by atoms with Crippen molar-refractivity contribution >= 4 is 17.5 Å². The number of nitrogens with one attached hydrogen (secondary N) is 1. The van der Waals surface area contributed by atoms with Crippen LogP contribution in [0.2, 0.25) is 0 Å². The smallest absolute Gasteiger partial charge is 0.264 e. The molecule has 0 saturated carbocycles. The first-order valence-electron chi connectivity index (χ1n) is 5.16. The van der Waals surface area contributed by atoms with Gasteiger partial charge in [-0.05, 0) is 12.1 Å². The Bertz CT molecular complexity index is 532. The summed E-state index contributed by atoms with van der Waals surface area (Å²) < 4.78 is 5.25. The molecule has 1 aromatic carbocycles. The summed E-state index contributed by atoms with van der Waals surface area (Å²) in [6.45, 7) is -0.151. The number of nitrogens with zero attached hydrogens (tertiary/aromatic N) is 3. The minimum Gasteiger partial charge on any atom is -0.484 e. The van der Waals surface area contributed by atoms with Crippen LogP contribution in [-0.2, 0) is 4.79 Å². The Morgan fingerprint density at radius 1 is 1.39 bits per heavy atom. The molecule has 0 radical (unpaired) electrons. The third kappa shape index (κ3) is 3.41. The number of aromatic nitrogens is 3. The lowest BCUT2D eigenvalue weighted by molar-refractivity contribution is -0.118. The number of benzene rings is 1. The molecule has 0 atom stereocenters. The van der Waals surface area contributed by atoms with E-state index in [1.165, 1.54) is 12.4 Å². The Morgan fingerprint density at radius 2 is 2.28 bits per heavy atom. The highest BCUT2D eigenvalue weighted by molar-refractivity contribution is 5.90. The third-order valence-electron chi connectivity index (χ3n) is 1.96. The van der Waals surface area contributed by atoms with Gasteiger partial charge in [-0.15, -0.1) is 5.10 Å². The fourth-order valence-corrected chi connectivity index (χ4v) is 1.22. The van der Waals surface area contributed by atoms with Crippen molar-refractivity contribution in [3.63, 3.8) is 0 Å². The van der Waals surface area contributed by atoms with E-state index in [4.69, 9.17) is 10.5 Å². The first-order chi connectivity index (χ1) is 8.74. The number of ether oxygens (including phenoxy) is 1. The molecule has 7 nitrogen and oxygen atoms in total. The molecule has 1 heterocycles.